The lowest BCUT2D eigenvalue weighted by molar-refractivity contribution is -0.385. The standard InChI is InChI=1S/C15H17N3O4/c1-3-22-15-8-11(6-7-16-15)10-17-12-4-5-13(18(19)20)14(9-12)21-2/h4-9,17H,3,10H2,1-2H3. The highest BCUT2D eigenvalue weighted by Crippen LogP contribution is 2.29. The first-order chi connectivity index (χ1) is 10.6. The van der Waals surface area contributed by atoms with Crippen LogP contribution < -0.4 is 14.8 Å². The molecule has 2 rings (SSSR count). The highest BCUT2D eigenvalue weighted by molar-refractivity contribution is 5.58. The van der Waals surface area contributed by atoms with E-state index in [1.165, 1.54) is 13.2 Å². The first-order valence-corrected chi connectivity index (χ1v) is 6.78. The van der Waals surface area contributed by atoms with E-state index in [2.05, 4.69) is 10.3 Å². The average molecular weight is 303 g/mol. The van der Waals surface area contributed by atoms with Crippen LogP contribution in [0.2, 0.25) is 0 Å². The SMILES string of the molecule is CCOc1cc(CNc2ccc([N+](=O)[O-])c(OC)c2)ccn1. The predicted octanol–water partition coefficient (Wildman–Crippen LogP) is 3.01. The number of methoxy groups -OCH3 is 1. The maximum atomic E-state index is 10.9. The normalized spacial score (nSPS) is 10.1. The highest BCUT2D eigenvalue weighted by Gasteiger charge is 2.14. The Morgan fingerprint density at radius 2 is 2.14 bits per heavy atom. The van der Waals surface area contributed by atoms with E-state index in [9.17, 15) is 10.1 Å². The van der Waals surface area contributed by atoms with Gasteiger partial charge in [-0.2, -0.15) is 0 Å². The smallest absolute Gasteiger partial charge is 0.311 e. The second-order valence-electron chi connectivity index (χ2n) is 4.43. The fourth-order valence-corrected chi connectivity index (χ4v) is 1.93. The highest BCUT2D eigenvalue weighted by atomic mass is 16.6. The van der Waals surface area contributed by atoms with Gasteiger partial charge in [-0.3, -0.25) is 10.1 Å². The van der Waals surface area contributed by atoms with Crippen molar-refractivity contribution in [3.8, 4) is 11.6 Å². The van der Waals surface area contributed by atoms with E-state index in [-0.39, 0.29) is 11.4 Å². The number of hydrogen-bond donors (Lipinski definition) is 1. The zero-order valence-corrected chi connectivity index (χ0v) is 12.4. The lowest BCUT2D eigenvalue weighted by Gasteiger charge is -2.09. The third kappa shape index (κ3) is 3.85. The van der Waals surface area contributed by atoms with Crippen LogP contribution in [0.25, 0.3) is 0 Å². The summed E-state index contributed by atoms with van der Waals surface area (Å²) in [6, 6.07) is 8.38. The Morgan fingerprint density at radius 3 is 2.82 bits per heavy atom. The fourth-order valence-electron chi connectivity index (χ4n) is 1.93. The number of nitro benzene ring substituents is 1. The van der Waals surface area contributed by atoms with E-state index in [1.54, 1.807) is 18.3 Å². The Bertz CT molecular complexity index is 661. The maximum absolute atomic E-state index is 10.9. The van der Waals surface area contributed by atoms with E-state index in [0.29, 0.717) is 19.0 Å². The molecule has 7 nitrogen and oxygen atoms in total. The van der Waals surface area contributed by atoms with E-state index in [0.717, 1.165) is 11.3 Å². The van der Waals surface area contributed by atoms with Crippen LogP contribution in [0.3, 0.4) is 0 Å². The van der Waals surface area contributed by atoms with Crippen LogP contribution in [0, 0.1) is 10.1 Å². The summed E-state index contributed by atoms with van der Waals surface area (Å²) in [4.78, 5) is 14.5. The molecular formula is C15H17N3O4. The molecule has 0 amide bonds. The second kappa shape index (κ2) is 7.26. The molecule has 7 heteroatoms. The molecule has 0 saturated heterocycles. The third-order valence-electron chi connectivity index (χ3n) is 2.96. The summed E-state index contributed by atoms with van der Waals surface area (Å²) in [7, 11) is 1.41. The minimum Gasteiger partial charge on any atom is -0.490 e. The van der Waals surface area contributed by atoms with Crippen molar-refractivity contribution in [1.82, 2.24) is 4.98 Å². The van der Waals surface area contributed by atoms with Gasteiger partial charge in [0.2, 0.25) is 5.88 Å². The largest absolute Gasteiger partial charge is 0.490 e. The minimum atomic E-state index is -0.472. The molecule has 0 radical (unpaired) electrons. The Labute approximate surface area is 128 Å². The number of pyridine rings is 1. The fraction of sp³-hybridized carbons (Fsp3) is 0.267. The topological polar surface area (TPSA) is 86.5 Å². The van der Waals surface area contributed by atoms with E-state index >= 15 is 0 Å². The maximum Gasteiger partial charge on any atom is 0.311 e. The molecule has 0 spiro atoms. The molecule has 0 aliphatic carbocycles. The van der Waals surface area contributed by atoms with Gasteiger partial charge in [0.15, 0.2) is 5.75 Å². The molecule has 22 heavy (non-hydrogen) atoms. The molecular weight excluding hydrogens is 286 g/mol. The van der Waals surface area contributed by atoms with Crippen LogP contribution in [-0.4, -0.2) is 23.6 Å². The van der Waals surface area contributed by atoms with Gasteiger partial charge in [0.25, 0.3) is 0 Å². The van der Waals surface area contributed by atoms with Crippen molar-refractivity contribution in [3.63, 3.8) is 0 Å². The molecule has 1 aromatic heterocycles. The second-order valence-corrected chi connectivity index (χ2v) is 4.43. The van der Waals surface area contributed by atoms with Gasteiger partial charge in [0.1, 0.15) is 0 Å². The summed E-state index contributed by atoms with van der Waals surface area (Å²) in [6.07, 6.45) is 1.68. The molecule has 0 aliphatic rings. The number of anilines is 1. The number of benzene rings is 1. The van der Waals surface area contributed by atoms with Crippen molar-refractivity contribution in [2.24, 2.45) is 0 Å². The van der Waals surface area contributed by atoms with Crippen molar-refractivity contribution in [2.75, 3.05) is 19.0 Å². The number of aromatic nitrogens is 1. The summed E-state index contributed by atoms with van der Waals surface area (Å²) < 4.78 is 10.4. The molecule has 116 valence electrons. The van der Waals surface area contributed by atoms with E-state index in [4.69, 9.17) is 9.47 Å². The Balaban J connectivity index is 2.08. The minimum absolute atomic E-state index is 0.0596. The molecule has 0 unspecified atom stereocenters. The Morgan fingerprint density at radius 1 is 1.32 bits per heavy atom. The molecule has 0 bridgehead atoms. The monoisotopic (exact) mass is 303 g/mol. The van der Waals surface area contributed by atoms with Crippen LogP contribution in [0.1, 0.15) is 12.5 Å². The van der Waals surface area contributed by atoms with E-state index < -0.39 is 4.92 Å². The molecule has 0 aliphatic heterocycles. The zero-order chi connectivity index (χ0) is 15.9. The molecule has 1 aromatic carbocycles. The van der Waals surface area contributed by atoms with Crippen molar-refractivity contribution in [1.29, 1.82) is 0 Å². The van der Waals surface area contributed by atoms with Crippen molar-refractivity contribution in [2.45, 2.75) is 13.5 Å². The van der Waals surface area contributed by atoms with Gasteiger partial charge >= 0.3 is 5.69 Å². The molecule has 1 N–H and O–H groups in total. The predicted molar refractivity (Wildman–Crippen MR) is 82.4 cm³/mol. The average Bonchev–Trinajstić information content (AvgIpc) is 2.53. The van der Waals surface area contributed by atoms with Crippen molar-refractivity contribution < 1.29 is 14.4 Å². The quantitative estimate of drug-likeness (QED) is 0.625. The van der Waals surface area contributed by atoms with Crippen LogP contribution in [-0.2, 0) is 6.54 Å². The van der Waals surface area contributed by atoms with E-state index in [1.807, 2.05) is 19.1 Å². The van der Waals surface area contributed by atoms with Gasteiger partial charge in [-0.05, 0) is 24.6 Å². The third-order valence-corrected chi connectivity index (χ3v) is 2.96. The molecule has 2 aromatic rings. The number of nitrogens with zero attached hydrogens (tertiary/aromatic N) is 2. The van der Waals surface area contributed by atoms with Crippen LogP contribution in [0.4, 0.5) is 11.4 Å². The first-order valence-electron chi connectivity index (χ1n) is 6.78. The Hall–Kier alpha value is -2.83. The summed E-state index contributed by atoms with van der Waals surface area (Å²) in [5, 5.41) is 14.0. The lowest BCUT2D eigenvalue weighted by atomic mass is 10.2. The molecule has 1 heterocycles. The van der Waals surface area contributed by atoms with Crippen molar-refractivity contribution in [3.05, 3.63) is 52.2 Å². The summed E-state index contributed by atoms with van der Waals surface area (Å²) in [5.41, 5.74) is 1.67. The zero-order valence-electron chi connectivity index (χ0n) is 12.4. The van der Waals surface area contributed by atoms with Crippen molar-refractivity contribution >= 4 is 11.4 Å². The van der Waals surface area contributed by atoms with Gasteiger partial charge in [0.05, 0.1) is 18.6 Å². The number of ether oxygens (including phenoxy) is 2. The lowest BCUT2D eigenvalue weighted by Crippen LogP contribution is -2.02. The van der Waals surface area contributed by atoms with Gasteiger partial charge in [0, 0.05) is 36.6 Å². The summed E-state index contributed by atoms with van der Waals surface area (Å²) >= 11 is 0. The summed E-state index contributed by atoms with van der Waals surface area (Å²) in [5.74, 6) is 0.794. The molecule has 0 saturated carbocycles. The first kappa shape index (κ1) is 15.6. The number of rotatable bonds is 7. The number of nitrogens with one attached hydrogen (secondary N) is 1. The van der Waals surface area contributed by atoms with Gasteiger partial charge in [-0.25, -0.2) is 4.98 Å². The Kier molecular flexibility index (Phi) is 5.13. The van der Waals surface area contributed by atoms with Crippen LogP contribution in [0.15, 0.2) is 36.5 Å². The van der Waals surface area contributed by atoms with Gasteiger partial charge in [-0.1, -0.05) is 0 Å². The molecule has 0 fully saturated rings. The summed E-state index contributed by atoms with van der Waals surface area (Å²) in [6.45, 7) is 3.00. The van der Waals surface area contributed by atoms with Gasteiger partial charge < -0.3 is 14.8 Å². The molecule has 0 atom stereocenters. The van der Waals surface area contributed by atoms with Gasteiger partial charge in [-0.15, -0.1) is 0 Å². The van der Waals surface area contributed by atoms with Crippen LogP contribution in [0.5, 0.6) is 11.6 Å². The van der Waals surface area contributed by atoms with Crippen LogP contribution >= 0.6 is 0 Å². The number of nitro groups is 1. The number of hydrogen-bond acceptors (Lipinski definition) is 6.